The first kappa shape index (κ1) is 18.6. The maximum absolute atomic E-state index is 12.5. The number of carbonyl (C=O) groups is 1. The van der Waals surface area contributed by atoms with Crippen molar-refractivity contribution in [1.29, 1.82) is 0 Å². The van der Waals surface area contributed by atoms with Gasteiger partial charge in [-0.1, -0.05) is 11.6 Å². The first-order chi connectivity index (χ1) is 12.3. The predicted octanol–water partition coefficient (Wildman–Crippen LogP) is 4.87. The largest absolute Gasteiger partial charge is 0.488 e. The third-order valence-corrected chi connectivity index (χ3v) is 4.86. The summed E-state index contributed by atoms with van der Waals surface area (Å²) in [7, 11) is 0. The zero-order valence-corrected chi connectivity index (χ0v) is 16.2. The highest BCUT2D eigenvalue weighted by molar-refractivity contribution is 7.18. The van der Waals surface area contributed by atoms with Crippen LogP contribution in [0.3, 0.4) is 0 Å². The number of hydrogen-bond acceptors (Lipinski definition) is 5. The van der Waals surface area contributed by atoms with Gasteiger partial charge in [0.15, 0.2) is 0 Å². The van der Waals surface area contributed by atoms with Gasteiger partial charge in [0.2, 0.25) is 0 Å². The minimum absolute atomic E-state index is 0.139. The molecule has 5 nitrogen and oxygen atoms in total. The van der Waals surface area contributed by atoms with E-state index >= 15 is 0 Å². The van der Waals surface area contributed by atoms with Crippen molar-refractivity contribution in [3.63, 3.8) is 0 Å². The Kier molecular flexibility index (Phi) is 5.18. The third kappa shape index (κ3) is 4.15. The molecule has 1 heterocycles. The minimum atomic E-state index is -0.298. The number of aliphatic hydroxyl groups excluding tert-OH is 1. The summed E-state index contributed by atoms with van der Waals surface area (Å²) >= 11 is 7.74. The molecule has 0 fully saturated rings. The van der Waals surface area contributed by atoms with Gasteiger partial charge in [-0.15, -0.1) is 11.3 Å². The maximum atomic E-state index is 12.5. The highest BCUT2D eigenvalue weighted by Crippen LogP contribution is 2.34. The van der Waals surface area contributed by atoms with Crippen molar-refractivity contribution in [3.05, 3.63) is 52.0 Å². The number of anilines is 1. The molecule has 2 aromatic carbocycles. The number of hydrogen-bond donors (Lipinski definition) is 2. The number of fused-ring (bicyclic) bond motifs is 1. The van der Waals surface area contributed by atoms with Gasteiger partial charge in [0.05, 0.1) is 22.0 Å². The monoisotopic (exact) mass is 390 g/mol. The molecule has 0 aliphatic rings. The Morgan fingerprint density at radius 1 is 1.23 bits per heavy atom. The molecule has 26 heavy (non-hydrogen) atoms. The summed E-state index contributed by atoms with van der Waals surface area (Å²) in [5.41, 5.74) is 1.26. The summed E-state index contributed by atoms with van der Waals surface area (Å²) in [4.78, 5) is 16.8. The molecule has 0 unspecified atom stereocenters. The van der Waals surface area contributed by atoms with Crippen LogP contribution in [-0.4, -0.2) is 21.6 Å². The molecule has 0 saturated carbocycles. The van der Waals surface area contributed by atoms with Crippen LogP contribution in [0.1, 0.15) is 36.1 Å². The number of ether oxygens (including phenoxy) is 1. The van der Waals surface area contributed by atoms with Crippen molar-refractivity contribution in [2.75, 3.05) is 5.32 Å². The Bertz CT molecular complexity index is 946. The third-order valence-electron chi connectivity index (χ3n) is 3.47. The van der Waals surface area contributed by atoms with E-state index in [1.54, 1.807) is 30.3 Å². The van der Waals surface area contributed by atoms with Gasteiger partial charge in [-0.3, -0.25) is 4.79 Å². The molecule has 1 aromatic heterocycles. The lowest BCUT2D eigenvalue weighted by Crippen LogP contribution is -2.23. The van der Waals surface area contributed by atoms with Gasteiger partial charge in [0.25, 0.3) is 5.91 Å². The molecule has 3 aromatic rings. The van der Waals surface area contributed by atoms with E-state index < -0.39 is 0 Å². The van der Waals surface area contributed by atoms with Crippen LogP contribution in [0, 0.1) is 0 Å². The SMILES string of the molecule is CC(C)(C)Oc1ccc(C(=O)Nc2ccc3sc(CO)nc3c2Cl)cc1. The number of rotatable bonds is 4. The zero-order chi connectivity index (χ0) is 18.9. The zero-order valence-electron chi connectivity index (χ0n) is 14.7. The fraction of sp³-hybridized carbons (Fsp3) is 0.263. The number of aliphatic hydroxyl groups is 1. The number of carbonyl (C=O) groups excluding carboxylic acids is 1. The Labute approximate surface area is 160 Å². The van der Waals surface area contributed by atoms with Gasteiger partial charge in [-0.2, -0.15) is 0 Å². The quantitative estimate of drug-likeness (QED) is 0.666. The van der Waals surface area contributed by atoms with Crippen molar-refractivity contribution in [1.82, 2.24) is 4.98 Å². The van der Waals surface area contributed by atoms with Gasteiger partial charge in [0, 0.05) is 5.56 Å². The molecule has 0 aliphatic heterocycles. The fourth-order valence-electron chi connectivity index (χ4n) is 2.39. The second-order valence-corrected chi connectivity index (χ2v) is 8.23. The highest BCUT2D eigenvalue weighted by atomic mass is 35.5. The summed E-state index contributed by atoms with van der Waals surface area (Å²) in [6.45, 7) is 5.76. The molecule has 0 bridgehead atoms. The average molecular weight is 391 g/mol. The van der Waals surface area contributed by atoms with Crippen LogP contribution in [0.15, 0.2) is 36.4 Å². The molecule has 0 spiro atoms. The number of nitrogens with zero attached hydrogens (tertiary/aromatic N) is 1. The molecule has 3 rings (SSSR count). The van der Waals surface area contributed by atoms with Gasteiger partial charge in [-0.05, 0) is 57.2 Å². The number of aromatic nitrogens is 1. The first-order valence-electron chi connectivity index (χ1n) is 8.06. The average Bonchev–Trinajstić information content (AvgIpc) is 3.01. The minimum Gasteiger partial charge on any atom is -0.488 e. The summed E-state index contributed by atoms with van der Waals surface area (Å²) in [5.74, 6) is 0.429. The molecule has 7 heteroatoms. The number of benzene rings is 2. The number of amides is 1. The Morgan fingerprint density at radius 2 is 1.92 bits per heavy atom. The van der Waals surface area contributed by atoms with E-state index in [2.05, 4.69) is 10.3 Å². The van der Waals surface area contributed by atoms with Crippen LogP contribution in [-0.2, 0) is 6.61 Å². The Morgan fingerprint density at radius 3 is 2.54 bits per heavy atom. The van der Waals surface area contributed by atoms with Crippen molar-refractivity contribution in [3.8, 4) is 5.75 Å². The van der Waals surface area contributed by atoms with Crippen molar-refractivity contribution < 1.29 is 14.6 Å². The highest BCUT2D eigenvalue weighted by Gasteiger charge is 2.15. The summed E-state index contributed by atoms with van der Waals surface area (Å²) in [5, 5.41) is 13.0. The fourth-order valence-corrected chi connectivity index (χ4v) is 3.54. The number of halogens is 1. The molecule has 136 valence electrons. The second-order valence-electron chi connectivity index (χ2n) is 6.73. The van der Waals surface area contributed by atoms with E-state index in [9.17, 15) is 9.90 Å². The van der Waals surface area contributed by atoms with Gasteiger partial charge in [-0.25, -0.2) is 4.98 Å². The summed E-state index contributed by atoms with van der Waals surface area (Å²) < 4.78 is 6.62. The van der Waals surface area contributed by atoms with Crippen molar-refractivity contribution >= 4 is 44.7 Å². The van der Waals surface area contributed by atoms with E-state index in [0.29, 0.717) is 32.5 Å². The van der Waals surface area contributed by atoms with Gasteiger partial charge >= 0.3 is 0 Å². The molecule has 1 amide bonds. The molecule has 0 atom stereocenters. The van der Waals surface area contributed by atoms with Crippen LogP contribution in [0.4, 0.5) is 5.69 Å². The van der Waals surface area contributed by atoms with Gasteiger partial charge in [0.1, 0.15) is 21.9 Å². The molecule has 0 radical (unpaired) electrons. The summed E-state index contributed by atoms with van der Waals surface area (Å²) in [6, 6.07) is 10.5. The van der Waals surface area contributed by atoms with Crippen LogP contribution < -0.4 is 10.1 Å². The van der Waals surface area contributed by atoms with E-state index in [1.807, 2.05) is 26.8 Å². The number of nitrogens with one attached hydrogen (secondary N) is 1. The number of thiazole rings is 1. The van der Waals surface area contributed by atoms with E-state index in [0.717, 1.165) is 4.70 Å². The molecule has 0 saturated heterocycles. The normalized spacial score (nSPS) is 11.6. The topological polar surface area (TPSA) is 71.5 Å². The van der Waals surface area contributed by atoms with Gasteiger partial charge < -0.3 is 15.2 Å². The van der Waals surface area contributed by atoms with Crippen LogP contribution in [0.25, 0.3) is 10.2 Å². The molecule has 2 N–H and O–H groups in total. The lowest BCUT2D eigenvalue weighted by Gasteiger charge is -2.21. The van der Waals surface area contributed by atoms with Crippen molar-refractivity contribution in [2.45, 2.75) is 33.0 Å². The Hall–Kier alpha value is -2.15. The molecular weight excluding hydrogens is 372 g/mol. The smallest absolute Gasteiger partial charge is 0.255 e. The summed E-state index contributed by atoms with van der Waals surface area (Å²) in [6.07, 6.45) is 0. The second kappa shape index (κ2) is 7.23. The van der Waals surface area contributed by atoms with E-state index in [-0.39, 0.29) is 18.1 Å². The van der Waals surface area contributed by atoms with E-state index in [1.165, 1.54) is 11.3 Å². The molecular formula is C19H19ClN2O3S. The van der Waals surface area contributed by atoms with Crippen molar-refractivity contribution in [2.24, 2.45) is 0 Å². The van der Waals surface area contributed by atoms with Crippen LogP contribution >= 0.6 is 22.9 Å². The lowest BCUT2D eigenvalue weighted by atomic mass is 10.1. The van der Waals surface area contributed by atoms with Crippen LogP contribution in [0.5, 0.6) is 5.75 Å². The predicted molar refractivity (Wildman–Crippen MR) is 105 cm³/mol. The van der Waals surface area contributed by atoms with Crippen LogP contribution in [0.2, 0.25) is 5.02 Å². The maximum Gasteiger partial charge on any atom is 0.255 e. The Balaban J connectivity index is 1.79. The molecule has 0 aliphatic carbocycles. The lowest BCUT2D eigenvalue weighted by molar-refractivity contribution is 0.102. The first-order valence-corrected chi connectivity index (χ1v) is 9.25. The standard InChI is InChI=1S/C19H19ClN2O3S/c1-19(2,3)25-12-6-4-11(5-7-12)18(24)21-13-8-9-14-17(16(13)20)22-15(10-23)26-14/h4-9,23H,10H2,1-3H3,(H,21,24). The van der Waals surface area contributed by atoms with E-state index in [4.69, 9.17) is 16.3 Å².